The van der Waals surface area contributed by atoms with Crippen LogP contribution in [0.2, 0.25) is 18.1 Å². The Hall–Kier alpha value is -1.47. The third kappa shape index (κ3) is 5.11. The van der Waals surface area contributed by atoms with Gasteiger partial charge in [-0.3, -0.25) is 4.79 Å². The Bertz CT molecular complexity index is 703. The third-order valence-electron chi connectivity index (χ3n) is 5.78. The lowest BCUT2D eigenvalue weighted by molar-refractivity contribution is -0.140. The molecule has 0 spiro atoms. The van der Waals surface area contributed by atoms with Crippen molar-refractivity contribution < 1.29 is 23.4 Å². The molecule has 0 fully saturated rings. The van der Waals surface area contributed by atoms with Crippen LogP contribution in [0.5, 0.6) is 5.75 Å². The number of benzene rings is 1. The first-order chi connectivity index (χ1) is 13.0. The van der Waals surface area contributed by atoms with Crippen LogP contribution in [0, 0.1) is 0 Å². The Balaban J connectivity index is 2.18. The minimum Gasteiger partial charge on any atom is -0.497 e. The largest absolute Gasteiger partial charge is 0.497 e. The standard InChI is InChI=1S/C22H34O5Si/c1-15-13-18(23)20(27-28(7,8)22(2,3)4)21(25-6)19(15)26-14-16-9-11-17(24-5)12-10-16/h9-13,19-21H,14H2,1-8H3/t19-,20-,21-/m1/s1. The monoisotopic (exact) mass is 406 g/mol. The Morgan fingerprint density at radius 2 is 1.64 bits per heavy atom. The molecule has 5 nitrogen and oxygen atoms in total. The first kappa shape index (κ1) is 22.8. The smallest absolute Gasteiger partial charge is 0.193 e. The molecule has 2 rings (SSSR count). The zero-order valence-corrected chi connectivity index (χ0v) is 19.4. The molecule has 6 heteroatoms. The van der Waals surface area contributed by atoms with Crippen LogP contribution in [0.25, 0.3) is 0 Å². The number of ether oxygens (including phenoxy) is 3. The van der Waals surface area contributed by atoms with Gasteiger partial charge in [0, 0.05) is 7.11 Å². The van der Waals surface area contributed by atoms with Gasteiger partial charge in [0.05, 0.1) is 13.7 Å². The van der Waals surface area contributed by atoms with Gasteiger partial charge in [-0.25, -0.2) is 0 Å². The van der Waals surface area contributed by atoms with Crippen molar-refractivity contribution in [2.75, 3.05) is 14.2 Å². The van der Waals surface area contributed by atoms with Crippen molar-refractivity contribution in [3.8, 4) is 5.75 Å². The molecular weight excluding hydrogens is 372 g/mol. The summed E-state index contributed by atoms with van der Waals surface area (Å²) in [5.74, 6) is 0.763. The van der Waals surface area contributed by atoms with E-state index in [1.54, 1.807) is 20.3 Å². The van der Waals surface area contributed by atoms with E-state index in [1.807, 2.05) is 31.2 Å². The number of carbonyl (C=O) groups excluding carboxylic acids is 1. The van der Waals surface area contributed by atoms with E-state index in [-0.39, 0.29) is 16.9 Å². The van der Waals surface area contributed by atoms with Crippen molar-refractivity contribution in [3.63, 3.8) is 0 Å². The molecule has 0 aliphatic heterocycles. The third-order valence-corrected chi connectivity index (χ3v) is 10.2. The molecule has 0 N–H and O–H groups in total. The Morgan fingerprint density at radius 1 is 1.04 bits per heavy atom. The van der Waals surface area contributed by atoms with Gasteiger partial charge in [-0.05, 0) is 54.4 Å². The molecule has 1 aromatic rings. The summed E-state index contributed by atoms with van der Waals surface area (Å²) in [6, 6.07) is 7.75. The molecule has 1 aliphatic rings. The molecular formula is C22H34O5Si. The van der Waals surface area contributed by atoms with E-state index in [4.69, 9.17) is 18.6 Å². The fraction of sp³-hybridized carbons (Fsp3) is 0.591. The van der Waals surface area contributed by atoms with Gasteiger partial charge in [0.1, 0.15) is 24.1 Å². The van der Waals surface area contributed by atoms with Gasteiger partial charge in [0.25, 0.3) is 0 Å². The number of carbonyl (C=O) groups is 1. The van der Waals surface area contributed by atoms with E-state index >= 15 is 0 Å². The van der Waals surface area contributed by atoms with Crippen molar-refractivity contribution >= 4 is 14.1 Å². The first-order valence-corrected chi connectivity index (χ1v) is 12.6. The maximum absolute atomic E-state index is 12.7. The highest BCUT2D eigenvalue weighted by Crippen LogP contribution is 2.39. The molecule has 0 amide bonds. The van der Waals surface area contributed by atoms with Gasteiger partial charge >= 0.3 is 0 Å². The van der Waals surface area contributed by atoms with Crippen LogP contribution in [-0.4, -0.2) is 46.6 Å². The van der Waals surface area contributed by atoms with Crippen molar-refractivity contribution in [1.29, 1.82) is 0 Å². The SMILES string of the molecule is COc1ccc(CO[C@@H]2C(C)=CC(=O)[C@@H](O[Si](C)(C)C(C)(C)C)[C@@H]2OC)cc1. The maximum Gasteiger partial charge on any atom is 0.193 e. The van der Waals surface area contributed by atoms with E-state index in [2.05, 4.69) is 33.9 Å². The second kappa shape index (κ2) is 8.90. The molecule has 0 unspecified atom stereocenters. The van der Waals surface area contributed by atoms with Gasteiger partial charge in [0.15, 0.2) is 14.1 Å². The number of ketones is 1. The summed E-state index contributed by atoms with van der Waals surface area (Å²) in [6.45, 7) is 13.1. The average molecular weight is 407 g/mol. The fourth-order valence-corrected chi connectivity index (χ4v) is 4.21. The highest BCUT2D eigenvalue weighted by molar-refractivity contribution is 6.74. The topological polar surface area (TPSA) is 54.0 Å². The van der Waals surface area contributed by atoms with Crippen molar-refractivity contribution in [2.45, 2.75) is 70.7 Å². The molecule has 1 aliphatic carbocycles. The molecule has 0 radical (unpaired) electrons. The van der Waals surface area contributed by atoms with Crippen LogP contribution in [0.3, 0.4) is 0 Å². The van der Waals surface area contributed by atoms with Crippen LogP contribution in [-0.2, 0) is 25.3 Å². The quantitative estimate of drug-likeness (QED) is 0.624. The Kier molecular flexibility index (Phi) is 7.25. The van der Waals surface area contributed by atoms with Crippen molar-refractivity contribution in [2.24, 2.45) is 0 Å². The second-order valence-corrected chi connectivity index (χ2v) is 13.6. The molecule has 0 saturated carbocycles. The van der Waals surface area contributed by atoms with Gasteiger partial charge in [0.2, 0.25) is 0 Å². The van der Waals surface area contributed by atoms with E-state index in [1.165, 1.54) is 0 Å². The molecule has 0 saturated heterocycles. The molecule has 0 heterocycles. The van der Waals surface area contributed by atoms with Gasteiger partial charge < -0.3 is 18.6 Å². The van der Waals surface area contributed by atoms with Crippen molar-refractivity contribution in [3.05, 3.63) is 41.5 Å². The van der Waals surface area contributed by atoms with Gasteiger partial charge in [-0.1, -0.05) is 32.9 Å². The Labute approximate surface area is 170 Å². The number of hydrogen-bond donors (Lipinski definition) is 0. The van der Waals surface area contributed by atoms with E-state index < -0.39 is 20.5 Å². The zero-order chi connectivity index (χ0) is 21.1. The number of hydrogen-bond acceptors (Lipinski definition) is 5. The lowest BCUT2D eigenvalue weighted by Gasteiger charge is -2.43. The van der Waals surface area contributed by atoms with Crippen LogP contribution < -0.4 is 4.74 Å². The molecule has 0 aromatic heterocycles. The highest BCUT2D eigenvalue weighted by atomic mass is 28.4. The summed E-state index contributed by atoms with van der Waals surface area (Å²) in [5.41, 5.74) is 1.89. The van der Waals surface area contributed by atoms with Crippen molar-refractivity contribution in [1.82, 2.24) is 0 Å². The first-order valence-electron chi connectivity index (χ1n) is 9.67. The summed E-state index contributed by atoms with van der Waals surface area (Å²) in [4.78, 5) is 12.7. The summed E-state index contributed by atoms with van der Waals surface area (Å²) >= 11 is 0. The van der Waals surface area contributed by atoms with Crippen LogP contribution in [0.15, 0.2) is 35.9 Å². The minimum absolute atomic E-state index is 0.00122. The van der Waals surface area contributed by atoms with E-state index in [0.717, 1.165) is 16.9 Å². The summed E-state index contributed by atoms with van der Waals surface area (Å²) in [6.07, 6.45) is 0.200. The lowest BCUT2D eigenvalue weighted by Crippen LogP contribution is -2.55. The summed E-state index contributed by atoms with van der Waals surface area (Å²) < 4.78 is 23.6. The van der Waals surface area contributed by atoms with Crippen LogP contribution >= 0.6 is 0 Å². The average Bonchev–Trinajstić information content (AvgIpc) is 2.62. The van der Waals surface area contributed by atoms with Crippen LogP contribution in [0.1, 0.15) is 33.3 Å². The lowest BCUT2D eigenvalue weighted by atomic mass is 9.91. The predicted molar refractivity (Wildman–Crippen MR) is 113 cm³/mol. The van der Waals surface area contributed by atoms with E-state index in [0.29, 0.717) is 6.61 Å². The minimum atomic E-state index is -2.14. The van der Waals surface area contributed by atoms with E-state index in [9.17, 15) is 4.79 Å². The summed E-state index contributed by atoms with van der Waals surface area (Å²) in [7, 11) is 1.12. The zero-order valence-electron chi connectivity index (χ0n) is 18.4. The van der Waals surface area contributed by atoms with Crippen LogP contribution in [0.4, 0.5) is 0 Å². The summed E-state index contributed by atoms with van der Waals surface area (Å²) in [5, 5.41) is 0.00122. The number of rotatable bonds is 7. The van der Waals surface area contributed by atoms with Gasteiger partial charge in [-0.2, -0.15) is 0 Å². The molecule has 0 bridgehead atoms. The fourth-order valence-electron chi connectivity index (χ4n) is 2.97. The Morgan fingerprint density at radius 3 is 2.14 bits per heavy atom. The second-order valence-electron chi connectivity index (χ2n) is 8.87. The predicted octanol–water partition coefficient (Wildman–Crippen LogP) is 4.51. The highest BCUT2D eigenvalue weighted by Gasteiger charge is 2.46. The molecule has 156 valence electrons. The number of methoxy groups -OCH3 is 2. The molecule has 28 heavy (non-hydrogen) atoms. The molecule has 3 atom stereocenters. The van der Waals surface area contributed by atoms with Gasteiger partial charge in [-0.15, -0.1) is 0 Å². The maximum atomic E-state index is 12.7. The normalized spacial score (nSPS) is 23.5. The molecule has 1 aromatic carbocycles.